The van der Waals surface area contributed by atoms with E-state index in [0.717, 1.165) is 0 Å². The quantitative estimate of drug-likeness (QED) is 0.502. The number of nitrogens with zero attached hydrogens (tertiary/aromatic N) is 2. The third kappa shape index (κ3) is 4.54. The van der Waals surface area contributed by atoms with Crippen molar-refractivity contribution >= 4 is 69.6 Å². The number of halogens is 4. The summed E-state index contributed by atoms with van der Waals surface area (Å²) in [5, 5.41) is 4.94. The molecule has 0 aliphatic carbocycles. The first-order valence-electron chi connectivity index (χ1n) is 7.69. The Labute approximate surface area is 179 Å². The molecule has 2 N–H and O–H groups in total. The van der Waals surface area contributed by atoms with E-state index >= 15 is 0 Å². The lowest BCUT2D eigenvalue weighted by Crippen LogP contribution is -2.16. The van der Waals surface area contributed by atoms with Gasteiger partial charge in [0.15, 0.2) is 0 Å². The Kier molecular flexibility index (Phi) is 6.36. The second kappa shape index (κ2) is 8.75. The average molecular weight is 456 g/mol. The van der Waals surface area contributed by atoms with Crippen molar-refractivity contribution in [1.29, 1.82) is 0 Å². The van der Waals surface area contributed by atoms with E-state index < -0.39 is 5.91 Å². The molecular weight excluding hydrogens is 446 g/mol. The number of benzene rings is 1. The minimum Gasteiger partial charge on any atom is -0.322 e. The third-order valence-electron chi connectivity index (χ3n) is 3.52. The molecule has 3 aromatic rings. The number of nitrogens with one attached hydrogen (secondary N) is 2. The van der Waals surface area contributed by atoms with Crippen LogP contribution in [0.4, 0.5) is 11.4 Å². The van der Waals surface area contributed by atoms with Gasteiger partial charge in [-0.25, -0.2) is 4.98 Å². The predicted octanol–water partition coefficient (Wildman–Crippen LogP) is 5.59. The molecule has 0 aliphatic heterocycles. The van der Waals surface area contributed by atoms with Crippen LogP contribution in [0.1, 0.15) is 20.8 Å². The van der Waals surface area contributed by atoms with Gasteiger partial charge in [0.25, 0.3) is 11.8 Å². The van der Waals surface area contributed by atoms with Crippen molar-refractivity contribution in [1.82, 2.24) is 9.97 Å². The molecule has 6 nitrogen and oxygen atoms in total. The summed E-state index contributed by atoms with van der Waals surface area (Å²) in [6, 6.07) is 9.65. The predicted molar refractivity (Wildman–Crippen MR) is 111 cm³/mol. The van der Waals surface area contributed by atoms with Crippen molar-refractivity contribution in [2.24, 2.45) is 0 Å². The molecule has 10 heteroatoms. The normalized spacial score (nSPS) is 10.4. The van der Waals surface area contributed by atoms with Gasteiger partial charge in [0.1, 0.15) is 10.8 Å². The first-order chi connectivity index (χ1) is 13.4. The lowest BCUT2D eigenvalue weighted by Gasteiger charge is -2.10. The van der Waals surface area contributed by atoms with Crippen LogP contribution < -0.4 is 10.6 Å². The van der Waals surface area contributed by atoms with Crippen LogP contribution in [0.15, 0.2) is 48.8 Å². The Hall–Kier alpha value is -2.38. The van der Waals surface area contributed by atoms with Crippen LogP contribution in [0.25, 0.3) is 0 Å². The minimum atomic E-state index is -0.655. The van der Waals surface area contributed by atoms with Crippen LogP contribution in [0.2, 0.25) is 20.2 Å². The van der Waals surface area contributed by atoms with Crippen molar-refractivity contribution in [3.63, 3.8) is 0 Å². The number of carbonyl (C=O) groups is 2. The van der Waals surface area contributed by atoms with E-state index in [2.05, 4.69) is 20.6 Å². The van der Waals surface area contributed by atoms with E-state index in [1.807, 2.05) is 0 Å². The van der Waals surface area contributed by atoms with Gasteiger partial charge in [-0.2, -0.15) is 0 Å². The van der Waals surface area contributed by atoms with Crippen LogP contribution in [0.5, 0.6) is 0 Å². The average Bonchev–Trinajstić information content (AvgIpc) is 2.70. The van der Waals surface area contributed by atoms with E-state index in [9.17, 15) is 9.59 Å². The van der Waals surface area contributed by atoms with E-state index in [1.165, 1.54) is 6.07 Å². The van der Waals surface area contributed by atoms with E-state index in [-0.39, 0.29) is 31.8 Å². The van der Waals surface area contributed by atoms with Crippen molar-refractivity contribution < 1.29 is 9.59 Å². The van der Waals surface area contributed by atoms with Crippen molar-refractivity contribution in [3.8, 4) is 0 Å². The molecular formula is C18H10Cl4N4O2. The number of anilines is 2. The largest absolute Gasteiger partial charge is 0.322 e. The molecule has 0 unspecified atom stereocenters. The molecule has 0 bridgehead atoms. The number of hydrogen-bond acceptors (Lipinski definition) is 4. The van der Waals surface area contributed by atoms with Gasteiger partial charge >= 0.3 is 0 Å². The lowest BCUT2D eigenvalue weighted by atomic mass is 10.1. The molecule has 142 valence electrons. The lowest BCUT2D eigenvalue weighted by molar-refractivity contribution is 0.101. The summed E-state index contributed by atoms with van der Waals surface area (Å²) in [4.78, 5) is 32.6. The molecule has 2 aromatic heterocycles. The second-order valence-electron chi connectivity index (χ2n) is 5.42. The molecule has 0 spiro atoms. The second-order valence-corrected chi connectivity index (χ2v) is 6.91. The van der Waals surface area contributed by atoms with Gasteiger partial charge in [-0.1, -0.05) is 52.5 Å². The maximum Gasteiger partial charge on any atom is 0.275 e. The molecule has 0 aliphatic rings. The molecule has 2 heterocycles. The summed E-state index contributed by atoms with van der Waals surface area (Å²) >= 11 is 23.7. The van der Waals surface area contributed by atoms with Crippen LogP contribution in [-0.4, -0.2) is 21.8 Å². The molecule has 0 atom stereocenters. The highest BCUT2D eigenvalue weighted by atomic mass is 35.5. The molecule has 0 saturated carbocycles. The van der Waals surface area contributed by atoms with Gasteiger partial charge in [0.2, 0.25) is 0 Å². The van der Waals surface area contributed by atoms with Crippen molar-refractivity contribution in [2.45, 2.75) is 0 Å². The molecule has 3 rings (SSSR count). The third-order valence-corrected chi connectivity index (χ3v) is 5.20. The zero-order valence-corrected chi connectivity index (χ0v) is 16.9. The number of aromatic nitrogens is 2. The molecule has 28 heavy (non-hydrogen) atoms. The molecule has 0 radical (unpaired) electrons. The Morgan fingerprint density at radius 3 is 2.18 bits per heavy atom. The highest BCUT2D eigenvalue weighted by molar-refractivity contribution is 6.52. The number of rotatable bonds is 4. The van der Waals surface area contributed by atoms with Crippen LogP contribution >= 0.6 is 46.4 Å². The summed E-state index contributed by atoms with van der Waals surface area (Å²) in [5.41, 5.74) is 1.09. The van der Waals surface area contributed by atoms with Crippen LogP contribution in [-0.2, 0) is 0 Å². The first kappa shape index (κ1) is 20.4. The summed E-state index contributed by atoms with van der Waals surface area (Å²) in [7, 11) is 0. The topological polar surface area (TPSA) is 84.0 Å². The summed E-state index contributed by atoms with van der Waals surface area (Å²) in [5.74, 6) is -1.01. The Balaban J connectivity index is 1.80. The summed E-state index contributed by atoms with van der Waals surface area (Å²) in [6.07, 6.45) is 3.12. The first-order valence-corrected chi connectivity index (χ1v) is 9.21. The zero-order valence-electron chi connectivity index (χ0n) is 13.8. The van der Waals surface area contributed by atoms with E-state index in [4.69, 9.17) is 46.4 Å². The van der Waals surface area contributed by atoms with Crippen molar-refractivity contribution in [2.75, 3.05) is 10.6 Å². The highest BCUT2D eigenvalue weighted by Crippen LogP contribution is 2.36. The van der Waals surface area contributed by atoms with Crippen LogP contribution in [0, 0.1) is 0 Å². The monoisotopic (exact) mass is 454 g/mol. The van der Waals surface area contributed by atoms with Gasteiger partial charge in [-0.15, -0.1) is 0 Å². The summed E-state index contributed by atoms with van der Waals surface area (Å²) in [6.45, 7) is 0. The maximum atomic E-state index is 12.5. The van der Waals surface area contributed by atoms with E-state index in [0.29, 0.717) is 16.9 Å². The minimum absolute atomic E-state index is 0.0420. The van der Waals surface area contributed by atoms with Crippen LogP contribution in [0.3, 0.4) is 0 Å². The number of hydrogen-bond donors (Lipinski definition) is 2. The summed E-state index contributed by atoms with van der Waals surface area (Å²) < 4.78 is 0. The molecule has 0 saturated heterocycles. The zero-order chi connectivity index (χ0) is 20.3. The number of pyridine rings is 2. The van der Waals surface area contributed by atoms with Gasteiger partial charge in [0.05, 0.1) is 15.1 Å². The smallest absolute Gasteiger partial charge is 0.275 e. The highest BCUT2D eigenvalue weighted by Gasteiger charge is 2.20. The van der Waals surface area contributed by atoms with Gasteiger partial charge in [-0.3, -0.25) is 14.6 Å². The fourth-order valence-corrected chi connectivity index (χ4v) is 3.02. The molecule has 1 aromatic carbocycles. The van der Waals surface area contributed by atoms with Gasteiger partial charge in [-0.05, 0) is 30.3 Å². The fourth-order valence-electron chi connectivity index (χ4n) is 2.20. The van der Waals surface area contributed by atoms with Gasteiger partial charge < -0.3 is 10.6 Å². The Morgan fingerprint density at radius 2 is 1.46 bits per heavy atom. The van der Waals surface area contributed by atoms with E-state index in [1.54, 1.807) is 42.7 Å². The Bertz CT molecular complexity index is 1060. The number of carbonyl (C=O) groups excluding carboxylic acids is 2. The fraction of sp³-hybridized carbons (Fsp3) is 0. The molecule has 2 amide bonds. The SMILES string of the molecule is O=C(Nc1ccncc1)c1cccc(NC(=O)c2nc(Cl)c(Cl)c(Cl)c2Cl)c1. The number of amides is 2. The van der Waals surface area contributed by atoms with Gasteiger partial charge in [0, 0.05) is 29.3 Å². The molecule has 0 fully saturated rings. The Morgan fingerprint density at radius 1 is 0.786 bits per heavy atom. The van der Waals surface area contributed by atoms with Crippen molar-refractivity contribution in [3.05, 3.63) is 80.3 Å². The maximum absolute atomic E-state index is 12.5. The standard InChI is InChI=1S/C18H10Cl4N4O2/c19-12-13(20)15(26-16(22)14(12)21)18(28)25-11-3-1-2-9(8-11)17(27)24-10-4-6-23-7-5-10/h1-8H,(H,25,28)(H,23,24,27).